The van der Waals surface area contributed by atoms with Gasteiger partial charge in [-0.15, -0.1) is 10.2 Å². The molecule has 14 heavy (non-hydrogen) atoms. The molecule has 0 spiro atoms. The molecular formula is C10H20N4. The Balaban J connectivity index is 2.53. The first kappa shape index (κ1) is 11.2. The zero-order chi connectivity index (χ0) is 10.6. The van der Waals surface area contributed by atoms with Crippen LogP contribution in [0.25, 0.3) is 0 Å². The quantitative estimate of drug-likeness (QED) is 0.795. The monoisotopic (exact) mass is 196 g/mol. The molecule has 0 saturated heterocycles. The van der Waals surface area contributed by atoms with Gasteiger partial charge in [0.1, 0.15) is 12.2 Å². The lowest BCUT2D eigenvalue weighted by Gasteiger charge is -2.20. The molecule has 0 unspecified atom stereocenters. The van der Waals surface area contributed by atoms with Crippen LogP contribution in [0.15, 0.2) is 6.33 Å². The first-order chi connectivity index (χ1) is 6.53. The van der Waals surface area contributed by atoms with Gasteiger partial charge in [-0.05, 0) is 27.2 Å². The summed E-state index contributed by atoms with van der Waals surface area (Å²) in [6, 6.07) is 0. The van der Waals surface area contributed by atoms with Crippen molar-refractivity contribution in [1.29, 1.82) is 0 Å². The molecule has 0 fully saturated rings. The molecule has 1 aromatic rings. The van der Waals surface area contributed by atoms with E-state index in [0.29, 0.717) is 0 Å². The molecule has 0 atom stereocenters. The van der Waals surface area contributed by atoms with E-state index in [1.165, 1.54) is 0 Å². The normalized spacial score (nSPS) is 12.0. The lowest BCUT2D eigenvalue weighted by atomic mass is 10.1. The summed E-state index contributed by atoms with van der Waals surface area (Å²) >= 11 is 0. The number of aryl methyl sites for hydroxylation is 1. The van der Waals surface area contributed by atoms with Gasteiger partial charge in [-0.25, -0.2) is 0 Å². The molecule has 0 radical (unpaired) electrons. The molecule has 4 nitrogen and oxygen atoms in total. The van der Waals surface area contributed by atoms with Gasteiger partial charge in [-0.2, -0.15) is 0 Å². The lowest BCUT2D eigenvalue weighted by molar-refractivity contribution is 0.411. The molecule has 4 heteroatoms. The predicted molar refractivity (Wildman–Crippen MR) is 56.9 cm³/mol. The van der Waals surface area contributed by atoms with E-state index in [9.17, 15) is 0 Å². The number of rotatable bonds is 4. The second kappa shape index (κ2) is 4.55. The van der Waals surface area contributed by atoms with E-state index in [4.69, 9.17) is 0 Å². The number of nitrogens with one attached hydrogen (secondary N) is 1. The van der Waals surface area contributed by atoms with Crippen LogP contribution in [0.3, 0.4) is 0 Å². The summed E-state index contributed by atoms with van der Waals surface area (Å²) in [5, 5.41) is 11.4. The van der Waals surface area contributed by atoms with Crippen molar-refractivity contribution in [2.24, 2.45) is 0 Å². The minimum Gasteiger partial charge on any atom is -0.317 e. The highest BCUT2D eigenvalue weighted by Crippen LogP contribution is 2.02. The highest BCUT2D eigenvalue weighted by Gasteiger charge is 2.10. The summed E-state index contributed by atoms with van der Waals surface area (Å²) in [4.78, 5) is 0. The van der Waals surface area contributed by atoms with Gasteiger partial charge >= 0.3 is 0 Å². The molecule has 80 valence electrons. The molecule has 1 heterocycles. The summed E-state index contributed by atoms with van der Waals surface area (Å²) in [6.07, 6.45) is 2.91. The molecule has 0 aliphatic carbocycles. The van der Waals surface area contributed by atoms with Gasteiger partial charge in [-0.1, -0.05) is 6.92 Å². The van der Waals surface area contributed by atoms with Gasteiger partial charge in [-0.3, -0.25) is 0 Å². The molecule has 0 amide bonds. The number of hydrogen-bond acceptors (Lipinski definition) is 3. The lowest BCUT2D eigenvalue weighted by Crippen LogP contribution is -2.35. The van der Waals surface area contributed by atoms with E-state index in [-0.39, 0.29) is 5.54 Å². The standard InChI is InChI=1S/C10H20N4/c1-5-6-14-8-12-13-9(14)7-11-10(2,3)4/h8,11H,5-7H2,1-4H3. The van der Waals surface area contributed by atoms with E-state index in [0.717, 1.165) is 25.3 Å². The topological polar surface area (TPSA) is 42.7 Å². The Kier molecular flexibility index (Phi) is 3.63. The second-order valence-corrected chi connectivity index (χ2v) is 4.54. The van der Waals surface area contributed by atoms with Crippen molar-refractivity contribution in [1.82, 2.24) is 20.1 Å². The van der Waals surface area contributed by atoms with Crippen LogP contribution >= 0.6 is 0 Å². The van der Waals surface area contributed by atoms with E-state index in [2.05, 4.69) is 47.8 Å². The maximum Gasteiger partial charge on any atom is 0.146 e. The van der Waals surface area contributed by atoms with Crippen molar-refractivity contribution < 1.29 is 0 Å². The van der Waals surface area contributed by atoms with E-state index >= 15 is 0 Å². The third-order valence-electron chi connectivity index (χ3n) is 1.94. The number of hydrogen-bond donors (Lipinski definition) is 1. The largest absolute Gasteiger partial charge is 0.317 e. The zero-order valence-corrected chi connectivity index (χ0v) is 9.54. The van der Waals surface area contributed by atoms with Crippen molar-refractivity contribution >= 4 is 0 Å². The Morgan fingerprint density at radius 3 is 2.71 bits per heavy atom. The van der Waals surface area contributed by atoms with Crippen LogP contribution in [0.4, 0.5) is 0 Å². The van der Waals surface area contributed by atoms with Crippen LogP contribution in [-0.2, 0) is 13.1 Å². The van der Waals surface area contributed by atoms with Gasteiger partial charge < -0.3 is 9.88 Å². The average Bonchev–Trinajstić information content (AvgIpc) is 2.48. The predicted octanol–water partition coefficient (Wildman–Crippen LogP) is 1.58. The SMILES string of the molecule is CCCn1cnnc1CNC(C)(C)C. The maximum absolute atomic E-state index is 4.09. The van der Waals surface area contributed by atoms with E-state index < -0.39 is 0 Å². The summed E-state index contributed by atoms with van der Waals surface area (Å²) in [6.45, 7) is 10.4. The first-order valence-electron chi connectivity index (χ1n) is 5.14. The Morgan fingerprint density at radius 1 is 1.43 bits per heavy atom. The fourth-order valence-electron chi connectivity index (χ4n) is 1.19. The maximum atomic E-state index is 4.09. The molecule has 1 aromatic heterocycles. The minimum atomic E-state index is 0.128. The molecule has 0 bridgehead atoms. The van der Waals surface area contributed by atoms with Crippen LogP contribution < -0.4 is 5.32 Å². The second-order valence-electron chi connectivity index (χ2n) is 4.54. The number of aromatic nitrogens is 3. The third kappa shape index (κ3) is 3.46. The zero-order valence-electron chi connectivity index (χ0n) is 9.54. The van der Waals surface area contributed by atoms with Gasteiger partial charge in [0.25, 0.3) is 0 Å². The van der Waals surface area contributed by atoms with Gasteiger partial charge in [0.05, 0.1) is 6.54 Å². The van der Waals surface area contributed by atoms with Crippen LogP contribution in [0.5, 0.6) is 0 Å². The Labute approximate surface area is 85.7 Å². The van der Waals surface area contributed by atoms with E-state index in [1.54, 1.807) is 6.33 Å². The Morgan fingerprint density at radius 2 is 2.14 bits per heavy atom. The molecular weight excluding hydrogens is 176 g/mol. The summed E-state index contributed by atoms with van der Waals surface area (Å²) in [5.74, 6) is 1.02. The number of nitrogens with zero attached hydrogens (tertiary/aromatic N) is 3. The van der Waals surface area contributed by atoms with Crippen molar-refractivity contribution in [2.75, 3.05) is 0 Å². The first-order valence-corrected chi connectivity index (χ1v) is 5.14. The summed E-state index contributed by atoms with van der Waals surface area (Å²) < 4.78 is 2.10. The molecule has 0 saturated carbocycles. The fourth-order valence-corrected chi connectivity index (χ4v) is 1.19. The Hall–Kier alpha value is -0.900. The van der Waals surface area contributed by atoms with Gasteiger partial charge in [0.15, 0.2) is 0 Å². The van der Waals surface area contributed by atoms with E-state index in [1.807, 2.05) is 0 Å². The van der Waals surface area contributed by atoms with Gasteiger partial charge in [0.2, 0.25) is 0 Å². The highest BCUT2D eigenvalue weighted by atomic mass is 15.3. The van der Waals surface area contributed by atoms with Crippen molar-refractivity contribution in [3.8, 4) is 0 Å². The van der Waals surface area contributed by atoms with Crippen LogP contribution in [0, 0.1) is 0 Å². The van der Waals surface area contributed by atoms with Crippen molar-refractivity contribution in [2.45, 2.75) is 52.7 Å². The molecule has 1 rings (SSSR count). The minimum absolute atomic E-state index is 0.128. The molecule has 0 aliphatic rings. The molecule has 0 aliphatic heterocycles. The van der Waals surface area contributed by atoms with Crippen LogP contribution in [0.2, 0.25) is 0 Å². The summed E-state index contributed by atoms with van der Waals surface area (Å²) in [7, 11) is 0. The molecule has 1 N–H and O–H groups in total. The van der Waals surface area contributed by atoms with Crippen LogP contribution in [-0.4, -0.2) is 20.3 Å². The van der Waals surface area contributed by atoms with Crippen LogP contribution in [0.1, 0.15) is 39.9 Å². The van der Waals surface area contributed by atoms with Crippen molar-refractivity contribution in [3.63, 3.8) is 0 Å². The molecule has 0 aromatic carbocycles. The highest BCUT2D eigenvalue weighted by molar-refractivity contribution is 4.87. The van der Waals surface area contributed by atoms with Gasteiger partial charge in [0, 0.05) is 12.1 Å². The Bertz CT molecular complexity index is 272. The van der Waals surface area contributed by atoms with Crippen molar-refractivity contribution in [3.05, 3.63) is 12.2 Å². The average molecular weight is 196 g/mol. The fraction of sp³-hybridized carbons (Fsp3) is 0.800. The smallest absolute Gasteiger partial charge is 0.146 e. The third-order valence-corrected chi connectivity index (χ3v) is 1.94. The summed E-state index contributed by atoms with van der Waals surface area (Å²) in [5.41, 5.74) is 0.128.